The number of benzene rings is 1. The Hall–Kier alpha value is -3.40. The van der Waals surface area contributed by atoms with Crippen molar-refractivity contribution in [2.45, 2.75) is 36.2 Å². The molecule has 37 heavy (non-hydrogen) atoms. The van der Waals surface area contributed by atoms with Gasteiger partial charge in [-0.3, -0.25) is 14.6 Å². The molecule has 0 radical (unpaired) electrons. The molecule has 1 amide bonds. The van der Waals surface area contributed by atoms with E-state index in [0.717, 1.165) is 5.71 Å². The number of ketones is 1. The number of aliphatic imine (C=N–C) groups is 1. The fraction of sp³-hybridized carbons (Fsp3) is 0.444. The van der Waals surface area contributed by atoms with Crippen LogP contribution in [0.3, 0.4) is 0 Å². The number of nitrogens with one attached hydrogen (secondary N) is 1. The number of methoxy groups -OCH3 is 1. The van der Waals surface area contributed by atoms with Gasteiger partial charge in [0.25, 0.3) is 0 Å². The molecule has 10 heteroatoms. The minimum atomic E-state index is -0.891. The average Bonchev–Trinajstić information content (AvgIpc) is 3.25. The smallest absolute Gasteiger partial charge is 0.415 e. The first kappa shape index (κ1) is 26.7. The molecule has 0 saturated carbocycles. The van der Waals surface area contributed by atoms with Crippen molar-refractivity contribution in [3.63, 3.8) is 0 Å². The molecule has 2 aliphatic heterocycles. The largest absolute Gasteiger partial charge is 0.497 e. The van der Waals surface area contributed by atoms with Crippen LogP contribution in [0.15, 0.2) is 53.6 Å². The van der Waals surface area contributed by atoms with E-state index in [0.29, 0.717) is 25.1 Å². The van der Waals surface area contributed by atoms with E-state index in [1.54, 1.807) is 19.1 Å². The molecule has 3 aliphatic rings. The second-order valence-electron chi connectivity index (χ2n) is 8.89. The number of allylic oxidation sites excluding steroid dienone is 3. The fourth-order valence-corrected chi connectivity index (χ4v) is 6.98. The molecule has 4 atom stereocenters. The van der Waals surface area contributed by atoms with Crippen LogP contribution in [-0.4, -0.2) is 66.3 Å². The fourth-order valence-electron chi connectivity index (χ4n) is 5.01. The molecule has 196 valence electrons. The van der Waals surface area contributed by atoms with E-state index < -0.39 is 28.0 Å². The van der Waals surface area contributed by atoms with E-state index in [9.17, 15) is 19.2 Å². The molecule has 1 saturated heterocycles. The lowest BCUT2D eigenvalue weighted by Gasteiger charge is -2.37. The highest BCUT2D eigenvalue weighted by Crippen LogP contribution is 2.57. The normalized spacial score (nSPS) is 25.4. The summed E-state index contributed by atoms with van der Waals surface area (Å²) in [4.78, 5) is 55.1. The van der Waals surface area contributed by atoms with Gasteiger partial charge in [-0.05, 0) is 56.0 Å². The Morgan fingerprint density at radius 2 is 1.95 bits per heavy atom. The summed E-state index contributed by atoms with van der Waals surface area (Å²) < 4.78 is 14.7. The molecule has 1 aromatic carbocycles. The first-order valence-electron chi connectivity index (χ1n) is 12.3. The highest BCUT2D eigenvalue weighted by molar-refractivity contribution is 8.03. The lowest BCUT2D eigenvalue weighted by atomic mass is 9.72. The zero-order valence-corrected chi connectivity index (χ0v) is 21.6. The van der Waals surface area contributed by atoms with Gasteiger partial charge in [0.15, 0.2) is 0 Å². The monoisotopic (exact) mass is 526 g/mol. The number of hydrogen-bond acceptors (Lipinski definition) is 9. The molecule has 0 bridgehead atoms. The third kappa shape index (κ3) is 5.64. The zero-order valence-electron chi connectivity index (χ0n) is 20.8. The molecule has 9 nitrogen and oxygen atoms in total. The number of amides is 1. The summed E-state index contributed by atoms with van der Waals surface area (Å²) in [6, 6.07) is 6.18. The summed E-state index contributed by atoms with van der Waals surface area (Å²) in [5, 5.41) is 1.94. The van der Waals surface area contributed by atoms with E-state index in [2.05, 4.69) is 16.4 Å². The minimum absolute atomic E-state index is 0.0707. The molecule has 1 aromatic rings. The van der Waals surface area contributed by atoms with Crippen LogP contribution in [-0.2, 0) is 19.1 Å². The summed E-state index contributed by atoms with van der Waals surface area (Å²) in [7, 11) is 1.51. The Morgan fingerprint density at radius 3 is 2.68 bits per heavy atom. The molecule has 2 heterocycles. The van der Waals surface area contributed by atoms with E-state index in [4.69, 9.17) is 14.2 Å². The minimum Gasteiger partial charge on any atom is -0.497 e. The first-order chi connectivity index (χ1) is 17.9. The van der Waals surface area contributed by atoms with Crippen molar-refractivity contribution in [2.24, 2.45) is 16.8 Å². The topological polar surface area (TPSA) is 120 Å². The van der Waals surface area contributed by atoms with Crippen LogP contribution in [0.2, 0.25) is 0 Å². The van der Waals surface area contributed by atoms with Crippen LogP contribution < -0.4 is 10.1 Å². The van der Waals surface area contributed by atoms with E-state index in [1.807, 2.05) is 18.2 Å². The number of ether oxygens (including phenoxy) is 3. The van der Waals surface area contributed by atoms with Gasteiger partial charge in [0, 0.05) is 19.5 Å². The summed E-state index contributed by atoms with van der Waals surface area (Å²) in [6.45, 7) is 2.76. The molecule has 4 rings (SSSR count). The quantitative estimate of drug-likeness (QED) is 0.295. The molecule has 1 aliphatic carbocycles. The predicted molar refractivity (Wildman–Crippen MR) is 139 cm³/mol. The number of rotatable bonds is 9. The van der Waals surface area contributed by atoms with Crippen molar-refractivity contribution in [3.8, 4) is 5.75 Å². The van der Waals surface area contributed by atoms with Gasteiger partial charge in [0.2, 0.25) is 0 Å². The zero-order chi connectivity index (χ0) is 26.4. The Labute approximate surface area is 219 Å². The maximum absolute atomic E-state index is 13.3. The highest BCUT2D eigenvalue weighted by Gasteiger charge is 2.60. The average molecular weight is 527 g/mol. The van der Waals surface area contributed by atoms with Crippen LogP contribution in [0.25, 0.3) is 0 Å². The summed E-state index contributed by atoms with van der Waals surface area (Å²) >= 11 is 1.48. The third-order valence-corrected chi connectivity index (χ3v) is 8.57. The molecule has 1 N–H and O–H groups in total. The second kappa shape index (κ2) is 11.8. The maximum atomic E-state index is 13.3. The molecule has 1 fully saturated rings. The number of alkyl carbamates (subject to hydrolysis) is 1. The third-order valence-electron chi connectivity index (χ3n) is 6.72. The summed E-state index contributed by atoms with van der Waals surface area (Å²) in [5.74, 6) is -1.26. The first-order valence-corrected chi connectivity index (χ1v) is 13.2. The van der Waals surface area contributed by atoms with Gasteiger partial charge >= 0.3 is 18.0 Å². The number of nitrogens with zero attached hydrogens (tertiary/aromatic N) is 1. The maximum Gasteiger partial charge on any atom is 0.415 e. The number of Topliss-reactive ketones (excluding diaryl/α,β-unsaturated/α-hetero) is 1. The summed E-state index contributed by atoms with van der Waals surface area (Å²) in [6.07, 6.45) is 8.19. The van der Waals surface area contributed by atoms with Crippen molar-refractivity contribution < 1.29 is 33.4 Å². The number of carbonyl (C=O) groups excluding carboxylic acids is 4. The van der Waals surface area contributed by atoms with Gasteiger partial charge < -0.3 is 19.5 Å². The Kier molecular flexibility index (Phi) is 8.48. The van der Waals surface area contributed by atoms with E-state index in [-0.39, 0.29) is 42.8 Å². The van der Waals surface area contributed by atoms with Crippen molar-refractivity contribution in [1.29, 1.82) is 0 Å². The van der Waals surface area contributed by atoms with Gasteiger partial charge in [0.05, 0.1) is 40.9 Å². The molecular weight excluding hydrogens is 496 g/mol. The second-order valence-corrected chi connectivity index (χ2v) is 10.3. The van der Waals surface area contributed by atoms with Gasteiger partial charge in [-0.2, -0.15) is 0 Å². The molecule has 1 spiro atoms. The molecular formula is C27H30N2O7S. The van der Waals surface area contributed by atoms with Crippen LogP contribution >= 0.6 is 11.8 Å². The van der Waals surface area contributed by atoms with Crippen molar-refractivity contribution in [3.05, 3.63) is 54.1 Å². The Balaban J connectivity index is 1.32. The van der Waals surface area contributed by atoms with Gasteiger partial charge in [-0.1, -0.05) is 18.2 Å². The highest BCUT2D eigenvalue weighted by atomic mass is 32.2. The van der Waals surface area contributed by atoms with E-state index >= 15 is 0 Å². The lowest BCUT2D eigenvalue weighted by Crippen LogP contribution is -2.45. The Morgan fingerprint density at radius 1 is 1.16 bits per heavy atom. The SMILES string of the molecule is CCOC(=O)C1C(C(=O)CCCNC(=O)OC(=O)c2ccc(OC)cc2)SC23C=CC=CC2=NCCC13. The lowest BCUT2D eigenvalue weighted by molar-refractivity contribution is -0.151. The molecule has 0 aromatic heterocycles. The number of hydrogen-bond donors (Lipinski definition) is 1. The predicted octanol–water partition coefficient (Wildman–Crippen LogP) is 3.53. The van der Waals surface area contributed by atoms with Crippen molar-refractivity contribution in [2.75, 3.05) is 26.8 Å². The number of thioether (sulfide) groups is 1. The van der Waals surface area contributed by atoms with E-state index in [1.165, 1.54) is 31.0 Å². The summed E-state index contributed by atoms with van der Waals surface area (Å²) in [5.41, 5.74) is 1.11. The van der Waals surface area contributed by atoms with Crippen LogP contribution in [0.1, 0.15) is 36.5 Å². The van der Waals surface area contributed by atoms with Crippen molar-refractivity contribution in [1.82, 2.24) is 5.32 Å². The van der Waals surface area contributed by atoms with Crippen LogP contribution in [0, 0.1) is 11.8 Å². The van der Waals surface area contributed by atoms with Gasteiger partial charge in [-0.25, -0.2) is 9.59 Å². The number of esters is 2. The van der Waals surface area contributed by atoms with Crippen LogP contribution in [0.5, 0.6) is 5.75 Å². The van der Waals surface area contributed by atoms with Crippen LogP contribution in [0.4, 0.5) is 4.79 Å². The Bertz CT molecular complexity index is 1140. The number of carbonyl (C=O) groups is 4. The molecule has 4 unspecified atom stereocenters. The standard InChI is InChI=1S/C27H30N2O7S/c1-3-35-25(32)22-19-13-16-28-21-8-4-5-14-27(19,21)37-23(22)20(30)7-6-15-29-26(33)36-24(31)17-9-11-18(34-2)12-10-17/h4-5,8-12,14,19,22-23H,3,6-7,13,15-16H2,1-2H3,(H,29,33). The van der Waals surface area contributed by atoms with Crippen molar-refractivity contribution >= 4 is 41.3 Å². The van der Waals surface area contributed by atoms with Gasteiger partial charge in [0.1, 0.15) is 11.5 Å². The van der Waals surface area contributed by atoms with Gasteiger partial charge in [-0.15, -0.1) is 11.8 Å².